The van der Waals surface area contributed by atoms with Crippen LogP contribution in [0.15, 0.2) is 17.1 Å². The molecule has 0 aromatic carbocycles. The van der Waals surface area contributed by atoms with E-state index < -0.39 is 11.7 Å². The first kappa shape index (κ1) is 25.6. The third kappa shape index (κ3) is 8.98. The number of aromatic nitrogens is 2. The third-order valence-corrected chi connectivity index (χ3v) is 3.62. The molecule has 0 saturated carbocycles. The van der Waals surface area contributed by atoms with Crippen LogP contribution in [-0.4, -0.2) is 39.3 Å². The second kappa shape index (κ2) is 12.9. The van der Waals surface area contributed by atoms with Crippen molar-refractivity contribution in [2.75, 3.05) is 12.3 Å². The maximum Gasteiger partial charge on any atom is 0.351 e. The average Bonchev–Trinajstić information content (AvgIpc) is 3.10. The van der Waals surface area contributed by atoms with Gasteiger partial charge in [0, 0.05) is 6.20 Å². The smallest absolute Gasteiger partial charge is 0.351 e. The molecule has 2 heterocycles. The quantitative estimate of drug-likeness (QED) is 0.721. The lowest BCUT2D eigenvalue weighted by atomic mass is 10.2. The second-order valence-electron chi connectivity index (χ2n) is 6.61. The Hall–Kier alpha value is -2.42. The number of rotatable bonds is 5. The highest BCUT2D eigenvalue weighted by Gasteiger charge is 2.28. The van der Waals surface area contributed by atoms with E-state index in [4.69, 9.17) is 20.3 Å². The number of carboxylic acids is 1. The predicted molar refractivity (Wildman–Crippen MR) is 106 cm³/mol. The van der Waals surface area contributed by atoms with Crippen LogP contribution in [0.2, 0.25) is 0 Å². The van der Waals surface area contributed by atoms with Crippen molar-refractivity contribution in [3.05, 3.63) is 22.7 Å². The highest BCUT2D eigenvalue weighted by Crippen LogP contribution is 2.27. The number of anilines is 1. The largest absolute Gasteiger partial charge is 0.481 e. The molecule has 1 aromatic rings. The molecule has 1 aromatic heterocycles. The SMILES string of the molecule is CC.CC(C)C(=O)O.CC(C)C(=O)OCC1CCC(n2ccc(N)nc2=O)O1. The Morgan fingerprint density at radius 1 is 1.29 bits per heavy atom. The summed E-state index contributed by atoms with van der Waals surface area (Å²) in [6, 6.07) is 1.55. The van der Waals surface area contributed by atoms with Crippen molar-refractivity contribution in [2.45, 2.75) is 66.7 Å². The molecule has 0 radical (unpaired) electrons. The van der Waals surface area contributed by atoms with Crippen LogP contribution in [0.4, 0.5) is 5.82 Å². The van der Waals surface area contributed by atoms with E-state index in [2.05, 4.69) is 4.98 Å². The zero-order chi connectivity index (χ0) is 21.9. The minimum Gasteiger partial charge on any atom is -0.481 e. The van der Waals surface area contributed by atoms with Gasteiger partial charge in [-0.05, 0) is 18.9 Å². The predicted octanol–water partition coefficient (Wildman–Crippen LogP) is 2.46. The Morgan fingerprint density at radius 3 is 2.32 bits per heavy atom. The van der Waals surface area contributed by atoms with Gasteiger partial charge in [-0.25, -0.2) is 4.79 Å². The van der Waals surface area contributed by atoms with E-state index in [-0.39, 0.29) is 42.6 Å². The zero-order valence-corrected chi connectivity index (χ0v) is 17.5. The summed E-state index contributed by atoms with van der Waals surface area (Å²) < 4.78 is 12.2. The molecule has 0 bridgehead atoms. The summed E-state index contributed by atoms with van der Waals surface area (Å²) >= 11 is 0. The Labute approximate surface area is 165 Å². The summed E-state index contributed by atoms with van der Waals surface area (Å²) in [4.78, 5) is 36.4. The van der Waals surface area contributed by atoms with Gasteiger partial charge in [0.1, 0.15) is 18.7 Å². The van der Waals surface area contributed by atoms with E-state index >= 15 is 0 Å². The van der Waals surface area contributed by atoms with Gasteiger partial charge in [-0.1, -0.05) is 41.5 Å². The number of hydrogen-bond donors (Lipinski definition) is 2. The fourth-order valence-corrected chi connectivity index (χ4v) is 2.00. The minimum atomic E-state index is -0.741. The average molecular weight is 399 g/mol. The summed E-state index contributed by atoms with van der Waals surface area (Å²) in [7, 11) is 0. The van der Waals surface area contributed by atoms with E-state index in [1.165, 1.54) is 4.57 Å². The summed E-state index contributed by atoms with van der Waals surface area (Å²) in [5.41, 5.74) is 5.00. The second-order valence-corrected chi connectivity index (χ2v) is 6.61. The van der Waals surface area contributed by atoms with Crippen LogP contribution < -0.4 is 11.4 Å². The van der Waals surface area contributed by atoms with E-state index in [9.17, 15) is 14.4 Å². The topological polar surface area (TPSA) is 134 Å². The van der Waals surface area contributed by atoms with Crippen LogP contribution in [0.3, 0.4) is 0 Å². The number of esters is 1. The van der Waals surface area contributed by atoms with Gasteiger partial charge in [0.15, 0.2) is 0 Å². The van der Waals surface area contributed by atoms with Crippen LogP contribution in [0.5, 0.6) is 0 Å². The number of nitrogens with two attached hydrogens (primary N) is 1. The molecular formula is C19H33N3O6. The monoisotopic (exact) mass is 399 g/mol. The van der Waals surface area contributed by atoms with Gasteiger partial charge in [-0.3, -0.25) is 14.2 Å². The Balaban J connectivity index is 0.000000780. The van der Waals surface area contributed by atoms with Crippen molar-refractivity contribution < 1.29 is 24.2 Å². The fourth-order valence-electron chi connectivity index (χ4n) is 2.00. The van der Waals surface area contributed by atoms with Crippen LogP contribution in [0, 0.1) is 11.8 Å². The first-order valence-corrected chi connectivity index (χ1v) is 9.51. The van der Waals surface area contributed by atoms with Gasteiger partial charge in [-0.15, -0.1) is 0 Å². The molecule has 160 valence electrons. The van der Waals surface area contributed by atoms with Gasteiger partial charge >= 0.3 is 17.6 Å². The molecule has 1 fully saturated rings. The molecule has 2 rings (SSSR count). The normalized spacial score (nSPS) is 18.0. The summed E-state index contributed by atoms with van der Waals surface area (Å²) in [5.74, 6) is -1.19. The molecule has 9 nitrogen and oxygen atoms in total. The van der Waals surface area contributed by atoms with Crippen molar-refractivity contribution in [3.63, 3.8) is 0 Å². The zero-order valence-electron chi connectivity index (χ0n) is 17.5. The van der Waals surface area contributed by atoms with Crippen LogP contribution in [0.25, 0.3) is 0 Å². The number of ether oxygens (including phenoxy) is 2. The molecule has 28 heavy (non-hydrogen) atoms. The Kier molecular flexibility index (Phi) is 11.8. The number of carboxylic acid groups (broad SMARTS) is 1. The number of aliphatic carboxylic acids is 1. The molecule has 0 aliphatic carbocycles. The molecule has 0 amide bonds. The number of carbonyl (C=O) groups excluding carboxylic acids is 1. The lowest BCUT2D eigenvalue weighted by Gasteiger charge is -2.16. The van der Waals surface area contributed by atoms with Gasteiger partial charge in [0.25, 0.3) is 0 Å². The Bertz CT molecular complexity index is 672. The molecule has 0 spiro atoms. The lowest BCUT2D eigenvalue weighted by molar-refractivity contribution is -0.152. The van der Waals surface area contributed by atoms with Crippen LogP contribution in [0.1, 0.15) is 60.6 Å². The molecule has 3 N–H and O–H groups in total. The van der Waals surface area contributed by atoms with E-state index in [1.807, 2.05) is 13.8 Å². The van der Waals surface area contributed by atoms with Gasteiger partial charge in [0.2, 0.25) is 0 Å². The molecule has 2 atom stereocenters. The standard InChI is InChI=1S/C13H19N3O4.C4H8O2.C2H6/c1-8(2)12(17)19-7-9-3-4-11(20-9)16-6-5-10(14)15-13(16)18;1-3(2)4(5)6;1-2/h5-6,8-9,11H,3-4,7H2,1-2H3,(H2,14,15,18);3H,1-2H3,(H,5,6);1-2H3. The maximum absolute atomic E-state index is 11.7. The molecular weight excluding hydrogens is 366 g/mol. The van der Waals surface area contributed by atoms with Crippen LogP contribution >= 0.6 is 0 Å². The number of carbonyl (C=O) groups is 2. The van der Waals surface area contributed by atoms with Gasteiger partial charge < -0.3 is 20.3 Å². The lowest BCUT2D eigenvalue weighted by Crippen LogP contribution is -2.28. The summed E-state index contributed by atoms with van der Waals surface area (Å²) in [6.07, 6.45) is 2.41. The number of nitrogens with zero attached hydrogens (tertiary/aromatic N) is 2. The van der Waals surface area contributed by atoms with E-state index in [1.54, 1.807) is 40.0 Å². The minimum absolute atomic E-state index is 0.156. The van der Waals surface area contributed by atoms with Crippen molar-refractivity contribution in [1.82, 2.24) is 9.55 Å². The number of nitrogen functional groups attached to an aromatic ring is 1. The van der Waals surface area contributed by atoms with Gasteiger partial charge in [0.05, 0.1) is 17.9 Å². The molecule has 9 heteroatoms. The first-order valence-electron chi connectivity index (χ1n) is 9.51. The molecule has 2 unspecified atom stereocenters. The fraction of sp³-hybridized carbons (Fsp3) is 0.684. The number of hydrogen-bond acceptors (Lipinski definition) is 7. The maximum atomic E-state index is 11.7. The molecule has 1 saturated heterocycles. The molecule has 1 aliphatic rings. The Morgan fingerprint density at radius 2 is 1.86 bits per heavy atom. The highest BCUT2D eigenvalue weighted by molar-refractivity contribution is 5.71. The van der Waals surface area contributed by atoms with Crippen molar-refractivity contribution in [1.29, 1.82) is 0 Å². The van der Waals surface area contributed by atoms with E-state index in [0.717, 1.165) is 6.42 Å². The van der Waals surface area contributed by atoms with Crippen molar-refractivity contribution in [3.8, 4) is 0 Å². The van der Waals surface area contributed by atoms with Gasteiger partial charge in [-0.2, -0.15) is 4.98 Å². The molecule has 1 aliphatic heterocycles. The van der Waals surface area contributed by atoms with E-state index in [0.29, 0.717) is 6.42 Å². The summed E-state index contributed by atoms with van der Waals surface area (Å²) in [6.45, 7) is 11.1. The summed E-state index contributed by atoms with van der Waals surface area (Å²) in [5, 5.41) is 7.99. The first-order chi connectivity index (χ1) is 13.1. The highest BCUT2D eigenvalue weighted by atomic mass is 16.6. The van der Waals surface area contributed by atoms with Crippen molar-refractivity contribution >= 4 is 17.8 Å². The van der Waals surface area contributed by atoms with Crippen molar-refractivity contribution in [2.24, 2.45) is 11.8 Å². The third-order valence-electron chi connectivity index (χ3n) is 3.62. The van der Waals surface area contributed by atoms with Crippen LogP contribution in [-0.2, 0) is 19.1 Å².